The van der Waals surface area contributed by atoms with Gasteiger partial charge in [-0.2, -0.15) is 0 Å². The molecule has 15 heavy (non-hydrogen) atoms. The van der Waals surface area contributed by atoms with Gasteiger partial charge in [0.05, 0.1) is 12.2 Å². The van der Waals surface area contributed by atoms with Crippen LogP contribution in [0.2, 0.25) is 0 Å². The van der Waals surface area contributed by atoms with Crippen LogP contribution in [-0.4, -0.2) is 48.5 Å². The third-order valence-electron chi connectivity index (χ3n) is 4.14. The molecule has 0 aromatic rings. The maximum atomic E-state index is 9.88. The molecular weight excluding hydrogens is 190 g/mol. The van der Waals surface area contributed by atoms with Crippen molar-refractivity contribution in [1.82, 2.24) is 4.90 Å². The van der Waals surface area contributed by atoms with Crippen molar-refractivity contribution in [2.45, 2.75) is 50.9 Å². The Balaban J connectivity index is 1.93. The summed E-state index contributed by atoms with van der Waals surface area (Å²) in [7, 11) is 1.80. The number of hydrogen-bond acceptors (Lipinski definition) is 3. The van der Waals surface area contributed by atoms with Gasteiger partial charge in [0.25, 0.3) is 0 Å². The van der Waals surface area contributed by atoms with E-state index in [1.165, 1.54) is 12.8 Å². The molecule has 3 nitrogen and oxygen atoms in total. The maximum absolute atomic E-state index is 9.88. The first-order valence-corrected chi connectivity index (χ1v) is 6.17. The number of nitrogens with zero attached hydrogens (tertiary/aromatic N) is 1. The zero-order chi connectivity index (χ0) is 10.8. The highest BCUT2D eigenvalue weighted by molar-refractivity contribution is 4.89. The highest BCUT2D eigenvalue weighted by Gasteiger charge is 2.35. The predicted octanol–water partition coefficient (Wildman–Crippen LogP) is 1.26. The molecule has 1 saturated carbocycles. The SMILES string of the molecule is COC1CN([C@@H]2CCC[C@H]2O)CCC1C. The number of piperidine rings is 1. The Morgan fingerprint density at radius 1 is 1.27 bits per heavy atom. The monoisotopic (exact) mass is 213 g/mol. The summed E-state index contributed by atoms with van der Waals surface area (Å²) in [5.74, 6) is 0.657. The smallest absolute Gasteiger partial charge is 0.0724 e. The van der Waals surface area contributed by atoms with Gasteiger partial charge in [-0.25, -0.2) is 0 Å². The number of rotatable bonds is 2. The van der Waals surface area contributed by atoms with E-state index in [0.29, 0.717) is 18.1 Å². The van der Waals surface area contributed by atoms with Gasteiger partial charge in [-0.15, -0.1) is 0 Å². The molecule has 0 aromatic heterocycles. The van der Waals surface area contributed by atoms with Crippen LogP contribution in [0.25, 0.3) is 0 Å². The van der Waals surface area contributed by atoms with Gasteiger partial charge in [-0.3, -0.25) is 4.90 Å². The van der Waals surface area contributed by atoms with E-state index in [4.69, 9.17) is 4.74 Å². The molecule has 2 unspecified atom stereocenters. The van der Waals surface area contributed by atoms with E-state index in [9.17, 15) is 5.11 Å². The van der Waals surface area contributed by atoms with Crippen LogP contribution in [0.4, 0.5) is 0 Å². The van der Waals surface area contributed by atoms with Crippen LogP contribution in [0.15, 0.2) is 0 Å². The predicted molar refractivity (Wildman–Crippen MR) is 59.8 cm³/mol. The quantitative estimate of drug-likeness (QED) is 0.749. The number of ether oxygens (including phenoxy) is 1. The van der Waals surface area contributed by atoms with Crippen molar-refractivity contribution in [3.8, 4) is 0 Å². The fourth-order valence-electron chi connectivity index (χ4n) is 3.01. The lowest BCUT2D eigenvalue weighted by Gasteiger charge is -2.40. The minimum Gasteiger partial charge on any atom is -0.391 e. The van der Waals surface area contributed by atoms with Gasteiger partial charge in [0, 0.05) is 19.7 Å². The van der Waals surface area contributed by atoms with Crippen LogP contribution in [0.3, 0.4) is 0 Å². The topological polar surface area (TPSA) is 32.7 Å². The van der Waals surface area contributed by atoms with Gasteiger partial charge in [0.15, 0.2) is 0 Å². The molecule has 1 heterocycles. The Morgan fingerprint density at radius 3 is 2.67 bits per heavy atom. The van der Waals surface area contributed by atoms with E-state index in [-0.39, 0.29) is 6.10 Å². The minimum absolute atomic E-state index is 0.101. The molecule has 1 aliphatic heterocycles. The molecule has 2 rings (SSSR count). The van der Waals surface area contributed by atoms with E-state index in [1.807, 2.05) is 0 Å². The highest BCUT2D eigenvalue weighted by atomic mass is 16.5. The van der Waals surface area contributed by atoms with E-state index in [2.05, 4.69) is 11.8 Å². The molecule has 1 aliphatic carbocycles. The van der Waals surface area contributed by atoms with Crippen LogP contribution in [0.1, 0.15) is 32.6 Å². The fourth-order valence-corrected chi connectivity index (χ4v) is 3.01. The second-order valence-electron chi connectivity index (χ2n) is 5.10. The van der Waals surface area contributed by atoms with Crippen LogP contribution >= 0.6 is 0 Å². The second kappa shape index (κ2) is 4.81. The normalized spacial score (nSPS) is 43.4. The van der Waals surface area contributed by atoms with Gasteiger partial charge in [0.2, 0.25) is 0 Å². The first kappa shape index (κ1) is 11.4. The average Bonchev–Trinajstić information content (AvgIpc) is 2.65. The Hall–Kier alpha value is -0.120. The lowest BCUT2D eigenvalue weighted by Crippen LogP contribution is -2.50. The highest BCUT2D eigenvalue weighted by Crippen LogP contribution is 2.29. The first-order valence-electron chi connectivity index (χ1n) is 6.17. The van der Waals surface area contributed by atoms with Crippen molar-refractivity contribution in [3.63, 3.8) is 0 Å². The second-order valence-corrected chi connectivity index (χ2v) is 5.10. The Bertz CT molecular complexity index is 210. The van der Waals surface area contributed by atoms with Gasteiger partial charge in [-0.1, -0.05) is 6.92 Å². The van der Waals surface area contributed by atoms with Crippen molar-refractivity contribution in [2.75, 3.05) is 20.2 Å². The molecule has 0 aromatic carbocycles. The van der Waals surface area contributed by atoms with Gasteiger partial charge >= 0.3 is 0 Å². The van der Waals surface area contributed by atoms with Crippen molar-refractivity contribution in [2.24, 2.45) is 5.92 Å². The standard InChI is InChI=1S/C12H23NO2/c1-9-6-7-13(8-12(9)15-2)10-4-3-5-11(10)14/h9-12,14H,3-8H2,1-2H3/t9?,10-,11-,12?/m1/s1. The molecule has 1 N–H and O–H groups in total. The third kappa shape index (κ3) is 2.35. The summed E-state index contributed by atoms with van der Waals surface area (Å²) in [6.07, 6.45) is 4.76. The van der Waals surface area contributed by atoms with Crippen LogP contribution in [-0.2, 0) is 4.74 Å². The summed E-state index contributed by atoms with van der Waals surface area (Å²) in [5.41, 5.74) is 0. The fraction of sp³-hybridized carbons (Fsp3) is 1.00. The average molecular weight is 213 g/mol. The van der Waals surface area contributed by atoms with Crippen molar-refractivity contribution >= 4 is 0 Å². The van der Waals surface area contributed by atoms with Gasteiger partial charge in [-0.05, 0) is 38.1 Å². The van der Waals surface area contributed by atoms with E-state index < -0.39 is 0 Å². The van der Waals surface area contributed by atoms with E-state index >= 15 is 0 Å². The van der Waals surface area contributed by atoms with Gasteiger partial charge < -0.3 is 9.84 Å². The molecule has 1 saturated heterocycles. The third-order valence-corrected chi connectivity index (χ3v) is 4.14. The molecule has 0 bridgehead atoms. The molecule has 0 spiro atoms. The summed E-state index contributed by atoms with van der Waals surface area (Å²) < 4.78 is 5.51. The Kier molecular flexibility index (Phi) is 3.65. The zero-order valence-electron chi connectivity index (χ0n) is 9.85. The number of hydrogen-bond donors (Lipinski definition) is 1. The minimum atomic E-state index is -0.101. The van der Waals surface area contributed by atoms with E-state index in [1.54, 1.807) is 7.11 Å². The van der Waals surface area contributed by atoms with Gasteiger partial charge in [0.1, 0.15) is 0 Å². The van der Waals surface area contributed by atoms with Crippen LogP contribution < -0.4 is 0 Å². The summed E-state index contributed by atoms with van der Waals surface area (Å²) in [4.78, 5) is 2.44. The molecule has 2 aliphatic rings. The summed E-state index contributed by atoms with van der Waals surface area (Å²) in [6.45, 7) is 4.39. The summed E-state index contributed by atoms with van der Waals surface area (Å²) in [6, 6.07) is 0.398. The number of methoxy groups -OCH3 is 1. The molecule has 2 fully saturated rings. The van der Waals surface area contributed by atoms with Crippen molar-refractivity contribution < 1.29 is 9.84 Å². The van der Waals surface area contributed by atoms with Crippen LogP contribution in [0.5, 0.6) is 0 Å². The molecule has 0 radical (unpaired) electrons. The maximum Gasteiger partial charge on any atom is 0.0724 e. The number of aliphatic hydroxyl groups excluding tert-OH is 1. The van der Waals surface area contributed by atoms with Crippen molar-refractivity contribution in [1.29, 1.82) is 0 Å². The molecule has 3 heteroatoms. The molecule has 0 amide bonds. The zero-order valence-corrected chi connectivity index (χ0v) is 9.85. The Morgan fingerprint density at radius 2 is 2.07 bits per heavy atom. The number of likely N-dealkylation sites (tertiary alicyclic amines) is 1. The summed E-state index contributed by atoms with van der Waals surface area (Å²) >= 11 is 0. The lowest BCUT2D eigenvalue weighted by molar-refractivity contribution is -0.0362. The molecule has 4 atom stereocenters. The largest absolute Gasteiger partial charge is 0.391 e. The van der Waals surface area contributed by atoms with E-state index in [0.717, 1.165) is 25.9 Å². The first-order chi connectivity index (χ1) is 7.22. The van der Waals surface area contributed by atoms with Crippen LogP contribution in [0, 0.1) is 5.92 Å². The molecular formula is C12H23NO2. The van der Waals surface area contributed by atoms with Crippen molar-refractivity contribution in [3.05, 3.63) is 0 Å². The lowest BCUT2D eigenvalue weighted by atomic mass is 9.94. The summed E-state index contributed by atoms with van der Waals surface area (Å²) in [5, 5.41) is 9.88. The Labute approximate surface area is 92.4 Å². The molecule has 88 valence electrons. The number of aliphatic hydroxyl groups is 1.